The highest BCUT2D eigenvalue weighted by Crippen LogP contribution is 2.32. The van der Waals surface area contributed by atoms with Crippen molar-refractivity contribution >= 4 is 16.9 Å². The van der Waals surface area contributed by atoms with E-state index in [0.717, 1.165) is 30.3 Å². The van der Waals surface area contributed by atoms with Gasteiger partial charge >= 0.3 is 0 Å². The normalized spacial score (nSPS) is 17.6. The van der Waals surface area contributed by atoms with E-state index in [1.165, 1.54) is 12.1 Å². The minimum absolute atomic E-state index is 0.0403. The highest BCUT2D eigenvalue weighted by molar-refractivity contribution is 5.97. The molecule has 25 heavy (non-hydrogen) atoms. The third-order valence-electron chi connectivity index (χ3n) is 4.71. The van der Waals surface area contributed by atoms with Crippen molar-refractivity contribution in [2.24, 2.45) is 0 Å². The first-order valence-electron chi connectivity index (χ1n) is 8.49. The first-order valence-corrected chi connectivity index (χ1v) is 8.49. The lowest BCUT2D eigenvalue weighted by molar-refractivity contribution is 0.0611. The molecule has 3 aromatic rings. The van der Waals surface area contributed by atoms with Crippen LogP contribution in [0.5, 0.6) is 0 Å². The average Bonchev–Trinajstić information content (AvgIpc) is 2.67. The number of benzene rings is 2. The summed E-state index contributed by atoms with van der Waals surface area (Å²) in [5.41, 5.74) is 2.91. The molecule has 1 aromatic heterocycles. The molecule has 0 N–H and O–H groups in total. The Bertz CT molecular complexity index is 927. The van der Waals surface area contributed by atoms with Crippen LogP contribution in [0.25, 0.3) is 11.0 Å². The molecule has 4 nitrogen and oxygen atoms in total. The summed E-state index contributed by atoms with van der Waals surface area (Å²) in [5.74, 6) is -0.307. The minimum atomic E-state index is -0.267. The summed E-state index contributed by atoms with van der Waals surface area (Å²) in [7, 11) is 0. The van der Waals surface area contributed by atoms with Crippen LogP contribution < -0.4 is 0 Å². The van der Waals surface area contributed by atoms with Gasteiger partial charge < -0.3 is 4.90 Å². The Kier molecular flexibility index (Phi) is 4.14. The number of nitrogens with zero attached hydrogens (tertiary/aromatic N) is 3. The summed E-state index contributed by atoms with van der Waals surface area (Å²) < 4.78 is 13.6. The van der Waals surface area contributed by atoms with Crippen LogP contribution in [0.3, 0.4) is 0 Å². The summed E-state index contributed by atoms with van der Waals surface area (Å²) >= 11 is 0. The fourth-order valence-electron chi connectivity index (χ4n) is 3.50. The van der Waals surface area contributed by atoms with E-state index < -0.39 is 0 Å². The van der Waals surface area contributed by atoms with Gasteiger partial charge in [0.15, 0.2) is 0 Å². The van der Waals surface area contributed by atoms with Crippen LogP contribution in [-0.2, 0) is 0 Å². The molecule has 5 heteroatoms. The molecule has 1 unspecified atom stereocenters. The van der Waals surface area contributed by atoms with Gasteiger partial charge in [0.1, 0.15) is 5.82 Å². The quantitative estimate of drug-likeness (QED) is 0.707. The van der Waals surface area contributed by atoms with Crippen molar-refractivity contribution in [3.05, 3.63) is 71.8 Å². The topological polar surface area (TPSA) is 46.1 Å². The van der Waals surface area contributed by atoms with Gasteiger partial charge in [-0.2, -0.15) is 0 Å². The van der Waals surface area contributed by atoms with Crippen LogP contribution in [0.15, 0.2) is 54.9 Å². The number of likely N-dealkylation sites (tertiary alicyclic amines) is 1. The number of aromatic nitrogens is 2. The Morgan fingerprint density at radius 3 is 2.72 bits per heavy atom. The van der Waals surface area contributed by atoms with Crippen molar-refractivity contribution in [3.63, 3.8) is 0 Å². The van der Waals surface area contributed by atoms with Crippen LogP contribution >= 0.6 is 0 Å². The SMILES string of the molecule is O=C(c1ccc2nccnc2c1)N1CCCCC1c1cccc(F)c1. The van der Waals surface area contributed by atoms with Gasteiger partial charge in [0.2, 0.25) is 0 Å². The number of carbonyl (C=O) groups is 1. The molecule has 0 saturated carbocycles. The first kappa shape index (κ1) is 15.7. The summed E-state index contributed by atoms with van der Waals surface area (Å²) in [4.78, 5) is 23.5. The zero-order chi connectivity index (χ0) is 17.2. The standard InChI is InChI=1S/C20H18FN3O/c21-16-5-3-4-14(12-16)19-6-1-2-11-24(19)20(25)15-7-8-17-18(13-15)23-10-9-22-17/h3-5,7-10,12-13,19H,1-2,6,11H2. The molecule has 1 saturated heterocycles. The molecule has 0 radical (unpaired) electrons. The van der Waals surface area contributed by atoms with Gasteiger partial charge in [-0.25, -0.2) is 4.39 Å². The molecule has 4 rings (SSSR count). The number of amides is 1. The molecule has 0 aliphatic carbocycles. The minimum Gasteiger partial charge on any atom is -0.332 e. The van der Waals surface area contributed by atoms with Gasteiger partial charge in [-0.1, -0.05) is 12.1 Å². The van der Waals surface area contributed by atoms with Crippen molar-refractivity contribution in [2.75, 3.05) is 6.54 Å². The Balaban J connectivity index is 1.68. The molecule has 2 heterocycles. The predicted octanol–water partition coefficient (Wildman–Crippen LogP) is 4.14. The summed E-state index contributed by atoms with van der Waals surface area (Å²) in [6.45, 7) is 0.679. The van der Waals surface area contributed by atoms with Gasteiger partial charge in [-0.3, -0.25) is 14.8 Å². The fraction of sp³-hybridized carbons (Fsp3) is 0.250. The molecular weight excluding hydrogens is 317 g/mol. The molecule has 1 aliphatic rings. The number of rotatable bonds is 2. The van der Waals surface area contributed by atoms with Crippen LogP contribution in [0.4, 0.5) is 4.39 Å². The highest BCUT2D eigenvalue weighted by Gasteiger charge is 2.29. The molecule has 126 valence electrons. The predicted molar refractivity (Wildman–Crippen MR) is 93.6 cm³/mol. The maximum Gasteiger partial charge on any atom is 0.254 e. The van der Waals surface area contributed by atoms with Crippen molar-refractivity contribution in [2.45, 2.75) is 25.3 Å². The van der Waals surface area contributed by atoms with Crippen LogP contribution in [0, 0.1) is 5.82 Å². The molecule has 1 aliphatic heterocycles. The van der Waals surface area contributed by atoms with Gasteiger partial charge in [-0.15, -0.1) is 0 Å². The molecular formula is C20H18FN3O. The van der Waals surface area contributed by atoms with Crippen molar-refractivity contribution in [1.82, 2.24) is 14.9 Å². The van der Waals surface area contributed by atoms with Crippen LogP contribution in [0.2, 0.25) is 0 Å². The van der Waals surface area contributed by atoms with E-state index in [-0.39, 0.29) is 17.8 Å². The molecule has 0 spiro atoms. The molecule has 1 amide bonds. The Morgan fingerprint density at radius 1 is 1.04 bits per heavy atom. The second-order valence-electron chi connectivity index (χ2n) is 6.32. The van der Waals surface area contributed by atoms with Crippen molar-refractivity contribution in [3.8, 4) is 0 Å². The molecule has 0 bridgehead atoms. The van der Waals surface area contributed by atoms with Gasteiger partial charge in [-0.05, 0) is 55.2 Å². The van der Waals surface area contributed by atoms with E-state index in [9.17, 15) is 9.18 Å². The Morgan fingerprint density at radius 2 is 1.88 bits per heavy atom. The number of piperidine rings is 1. The van der Waals surface area contributed by atoms with Crippen molar-refractivity contribution < 1.29 is 9.18 Å². The highest BCUT2D eigenvalue weighted by atomic mass is 19.1. The second kappa shape index (κ2) is 6.59. The Labute approximate surface area is 145 Å². The zero-order valence-corrected chi connectivity index (χ0v) is 13.7. The second-order valence-corrected chi connectivity index (χ2v) is 6.32. The van der Waals surface area contributed by atoms with E-state index in [1.807, 2.05) is 17.0 Å². The van der Waals surface area contributed by atoms with E-state index in [2.05, 4.69) is 9.97 Å². The third kappa shape index (κ3) is 3.09. The van der Waals surface area contributed by atoms with E-state index in [4.69, 9.17) is 0 Å². The molecule has 2 aromatic carbocycles. The van der Waals surface area contributed by atoms with Crippen LogP contribution in [-0.4, -0.2) is 27.3 Å². The zero-order valence-electron chi connectivity index (χ0n) is 13.7. The maximum atomic E-state index is 13.6. The number of carbonyl (C=O) groups excluding carboxylic acids is 1. The monoisotopic (exact) mass is 335 g/mol. The smallest absolute Gasteiger partial charge is 0.254 e. The molecule has 1 atom stereocenters. The number of hydrogen-bond acceptors (Lipinski definition) is 3. The molecule has 1 fully saturated rings. The number of hydrogen-bond donors (Lipinski definition) is 0. The lowest BCUT2D eigenvalue weighted by Gasteiger charge is -2.36. The third-order valence-corrected chi connectivity index (χ3v) is 4.71. The van der Waals surface area contributed by atoms with Crippen LogP contribution in [0.1, 0.15) is 41.2 Å². The number of halogens is 1. The maximum absolute atomic E-state index is 13.6. The lowest BCUT2D eigenvalue weighted by Crippen LogP contribution is -2.38. The average molecular weight is 335 g/mol. The summed E-state index contributed by atoms with van der Waals surface area (Å²) in [6, 6.07) is 11.9. The van der Waals surface area contributed by atoms with Gasteiger partial charge in [0.05, 0.1) is 17.1 Å². The summed E-state index contributed by atoms with van der Waals surface area (Å²) in [6.07, 6.45) is 6.10. The Hall–Kier alpha value is -2.82. The van der Waals surface area contributed by atoms with E-state index in [1.54, 1.807) is 30.6 Å². The summed E-state index contributed by atoms with van der Waals surface area (Å²) in [5, 5.41) is 0. The largest absolute Gasteiger partial charge is 0.332 e. The number of fused-ring (bicyclic) bond motifs is 1. The van der Waals surface area contributed by atoms with E-state index in [0.29, 0.717) is 17.6 Å². The first-order chi connectivity index (χ1) is 12.2. The van der Waals surface area contributed by atoms with Gasteiger partial charge in [0, 0.05) is 24.5 Å². The van der Waals surface area contributed by atoms with Crippen molar-refractivity contribution in [1.29, 1.82) is 0 Å². The lowest BCUT2D eigenvalue weighted by atomic mass is 9.94. The van der Waals surface area contributed by atoms with E-state index >= 15 is 0 Å². The van der Waals surface area contributed by atoms with Gasteiger partial charge in [0.25, 0.3) is 5.91 Å². The fourth-order valence-corrected chi connectivity index (χ4v) is 3.50.